The zero-order chi connectivity index (χ0) is 23.3. The van der Waals surface area contributed by atoms with Crippen LogP contribution in [0.5, 0.6) is 0 Å². The van der Waals surface area contributed by atoms with Crippen LogP contribution in [0.2, 0.25) is 5.02 Å². The minimum absolute atomic E-state index is 0.714. The van der Waals surface area contributed by atoms with Crippen molar-refractivity contribution in [2.24, 2.45) is 0 Å². The fraction of sp³-hybridized carbons (Fsp3) is 0.480. The summed E-state index contributed by atoms with van der Waals surface area (Å²) in [6, 6.07) is 10.00. The highest BCUT2D eigenvalue weighted by Gasteiger charge is 2.21. The van der Waals surface area contributed by atoms with Crippen LogP contribution in [0.3, 0.4) is 0 Å². The molecule has 0 spiro atoms. The second-order valence-electron chi connectivity index (χ2n) is 8.90. The van der Waals surface area contributed by atoms with E-state index in [0.29, 0.717) is 5.02 Å². The Labute approximate surface area is 205 Å². The number of ether oxygens (including phenoxy) is 1. The molecule has 0 amide bonds. The Morgan fingerprint density at radius 2 is 1.79 bits per heavy atom. The highest BCUT2D eigenvalue weighted by molar-refractivity contribution is 6.31. The average molecular weight is 482 g/mol. The fourth-order valence-corrected chi connectivity index (χ4v) is 4.77. The lowest BCUT2D eigenvalue weighted by atomic mass is 10.2. The maximum absolute atomic E-state index is 6.10. The Bertz CT molecular complexity index is 1110. The first-order chi connectivity index (χ1) is 16.7. The van der Waals surface area contributed by atoms with E-state index in [9.17, 15) is 0 Å². The van der Waals surface area contributed by atoms with Gasteiger partial charge < -0.3 is 19.9 Å². The summed E-state index contributed by atoms with van der Waals surface area (Å²) < 4.78 is 5.47. The summed E-state index contributed by atoms with van der Waals surface area (Å²) in [6.45, 7) is 11.3. The van der Waals surface area contributed by atoms with E-state index in [1.54, 1.807) is 0 Å². The van der Waals surface area contributed by atoms with E-state index in [2.05, 4.69) is 43.0 Å². The number of nitrogens with one attached hydrogen (secondary N) is 1. The van der Waals surface area contributed by atoms with Crippen LogP contribution in [0.15, 0.2) is 36.5 Å². The Morgan fingerprint density at radius 1 is 0.971 bits per heavy atom. The number of halogens is 1. The summed E-state index contributed by atoms with van der Waals surface area (Å²) in [4.78, 5) is 21.1. The van der Waals surface area contributed by atoms with Crippen LogP contribution in [-0.2, 0) is 4.74 Å². The van der Waals surface area contributed by atoms with E-state index in [0.717, 1.165) is 106 Å². The SMILES string of the molecule is Cc1cc(N2CCN(CCCNc3ccnc4cc(Cl)ccc34)CC2)nc(N2CCOCC2)n1. The van der Waals surface area contributed by atoms with Gasteiger partial charge in [-0.05, 0) is 44.2 Å². The van der Waals surface area contributed by atoms with Gasteiger partial charge in [-0.1, -0.05) is 11.6 Å². The third-order valence-electron chi connectivity index (χ3n) is 6.49. The van der Waals surface area contributed by atoms with Crippen molar-refractivity contribution in [2.75, 3.05) is 80.7 Å². The summed E-state index contributed by atoms with van der Waals surface area (Å²) in [5, 5.41) is 5.40. The zero-order valence-electron chi connectivity index (χ0n) is 19.7. The molecule has 2 aliphatic rings. The smallest absolute Gasteiger partial charge is 0.227 e. The number of benzene rings is 1. The second kappa shape index (κ2) is 10.7. The Hall–Kier alpha value is -2.68. The van der Waals surface area contributed by atoms with Gasteiger partial charge in [0, 0.05) is 79.9 Å². The molecule has 2 aliphatic heterocycles. The predicted molar refractivity (Wildman–Crippen MR) is 138 cm³/mol. The molecule has 4 heterocycles. The lowest BCUT2D eigenvalue weighted by molar-refractivity contribution is 0.122. The molecule has 9 heteroatoms. The molecule has 34 heavy (non-hydrogen) atoms. The number of pyridine rings is 1. The first kappa shape index (κ1) is 23.1. The van der Waals surface area contributed by atoms with E-state index in [4.69, 9.17) is 21.3 Å². The van der Waals surface area contributed by atoms with Gasteiger partial charge >= 0.3 is 0 Å². The minimum atomic E-state index is 0.714. The molecule has 0 unspecified atom stereocenters. The number of nitrogens with zero attached hydrogens (tertiary/aromatic N) is 6. The Kier molecular flexibility index (Phi) is 7.27. The summed E-state index contributed by atoms with van der Waals surface area (Å²) in [5.41, 5.74) is 3.05. The van der Waals surface area contributed by atoms with Gasteiger partial charge in [0.15, 0.2) is 0 Å². The molecule has 1 aromatic carbocycles. The molecule has 2 saturated heterocycles. The molecule has 0 radical (unpaired) electrons. The van der Waals surface area contributed by atoms with Gasteiger partial charge in [0.25, 0.3) is 0 Å². The quantitative estimate of drug-likeness (QED) is 0.514. The van der Waals surface area contributed by atoms with Crippen LogP contribution in [0.25, 0.3) is 10.9 Å². The fourth-order valence-electron chi connectivity index (χ4n) is 4.61. The molecule has 0 bridgehead atoms. The van der Waals surface area contributed by atoms with E-state index in [1.807, 2.05) is 30.5 Å². The van der Waals surface area contributed by atoms with Crippen molar-refractivity contribution in [1.29, 1.82) is 0 Å². The third kappa shape index (κ3) is 5.51. The van der Waals surface area contributed by atoms with Gasteiger partial charge in [-0.3, -0.25) is 9.88 Å². The molecule has 0 aliphatic carbocycles. The predicted octanol–water partition coefficient (Wildman–Crippen LogP) is 3.45. The number of aromatic nitrogens is 3. The van der Waals surface area contributed by atoms with Crippen molar-refractivity contribution in [2.45, 2.75) is 13.3 Å². The van der Waals surface area contributed by atoms with Crippen LogP contribution in [-0.4, -0.2) is 85.4 Å². The van der Waals surface area contributed by atoms with Crippen molar-refractivity contribution in [3.8, 4) is 0 Å². The summed E-state index contributed by atoms with van der Waals surface area (Å²) in [7, 11) is 0. The maximum Gasteiger partial charge on any atom is 0.227 e. The summed E-state index contributed by atoms with van der Waals surface area (Å²) in [6.07, 6.45) is 2.92. The van der Waals surface area contributed by atoms with Crippen molar-refractivity contribution in [3.05, 3.63) is 47.2 Å². The van der Waals surface area contributed by atoms with Crippen LogP contribution in [0.4, 0.5) is 17.5 Å². The van der Waals surface area contributed by atoms with Crippen LogP contribution >= 0.6 is 11.6 Å². The number of hydrogen-bond acceptors (Lipinski definition) is 8. The molecule has 2 fully saturated rings. The van der Waals surface area contributed by atoms with E-state index in [-0.39, 0.29) is 0 Å². The van der Waals surface area contributed by atoms with Crippen LogP contribution in [0.1, 0.15) is 12.1 Å². The number of rotatable bonds is 7. The van der Waals surface area contributed by atoms with Crippen molar-refractivity contribution in [3.63, 3.8) is 0 Å². The van der Waals surface area contributed by atoms with Gasteiger partial charge in [-0.15, -0.1) is 0 Å². The van der Waals surface area contributed by atoms with Crippen molar-refractivity contribution in [1.82, 2.24) is 19.9 Å². The third-order valence-corrected chi connectivity index (χ3v) is 6.73. The Balaban J connectivity index is 1.10. The molecule has 5 rings (SSSR count). The molecule has 8 nitrogen and oxygen atoms in total. The number of anilines is 3. The molecule has 1 N–H and O–H groups in total. The number of piperazine rings is 1. The van der Waals surface area contributed by atoms with Gasteiger partial charge in [0.2, 0.25) is 5.95 Å². The summed E-state index contributed by atoms with van der Waals surface area (Å²) >= 11 is 6.10. The van der Waals surface area contributed by atoms with Crippen molar-refractivity contribution < 1.29 is 4.74 Å². The summed E-state index contributed by atoms with van der Waals surface area (Å²) in [5.74, 6) is 1.87. The molecule has 2 aromatic heterocycles. The van der Waals surface area contributed by atoms with Crippen LogP contribution < -0.4 is 15.1 Å². The highest BCUT2D eigenvalue weighted by Crippen LogP contribution is 2.24. The van der Waals surface area contributed by atoms with E-state index >= 15 is 0 Å². The largest absolute Gasteiger partial charge is 0.384 e. The average Bonchev–Trinajstić information content (AvgIpc) is 2.87. The van der Waals surface area contributed by atoms with E-state index in [1.165, 1.54) is 0 Å². The van der Waals surface area contributed by atoms with Gasteiger partial charge in [-0.25, -0.2) is 4.98 Å². The second-order valence-corrected chi connectivity index (χ2v) is 9.33. The molecular formula is C25H32ClN7O. The van der Waals surface area contributed by atoms with Gasteiger partial charge in [0.05, 0.1) is 18.7 Å². The first-order valence-electron chi connectivity index (χ1n) is 12.1. The molecular weight excluding hydrogens is 450 g/mol. The van der Waals surface area contributed by atoms with Gasteiger partial charge in [0.1, 0.15) is 5.82 Å². The minimum Gasteiger partial charge on any atom is -0.384 e. The zero-order valence-corrected chi connectivity index (χ0v) is 20.5. The lowest BCUT2D eigenvalue weighted by Crippen LogP contribution is -2.47. The van der Waals surface area contributed by atoms with E-state index < -0.39 is 0 Å². The monoisotopic (exact) mass is 481 g/mol. The first-order valence-corrected chi connectivity index (χ1v) is 12.5. The number of aryl methyl sites for hydroxylation is 1. The topological polar surface area (TPSA) is 69.7 Å². The standard InChI is InChI=1S/C25H32ClN7O/c1-19-17-24(30-25(29-19)33-13-15-34-16-14-33)32-11-9-31(10-12-32)8-2-6-27-22-5-7-28-23-18-20(26)3-4-21(22)23/h3-5,7,17-18H,2,6,8-16H2,1H3,(H,27,28). The molecule has 0 atom stereocenters. The lowest BCUT2D eigenvalue weighted by Gasteiger charge is -2.36. The van der Waals surface area contributed by atoms with Crippen molar-refractivity contribution >= 4 is 40.0 Å². The van der Waals surface area contributed by atoms with Crippen LogP contribution in [0, 0.1) is 6.92 Å². The molecule has 0 saturated carbocycles. The molecule has 3 aromatic rings. The highest BCUT2D eigenvalue weighted by atomic mass is 35.5. The van der Waals surface area contributed by atoms with Gasteiger partial charge in [-0.2, -0.15) is 4.98 Å². The Morgan fingerprint density at radius 3 is 2.62 bits per heavy atom. The normalized spacial score (nSPS) is 17.4. The maximum atomic E-state index is 6.10. The number of hydrogen-bond donors (Lipinski definition) is 1. The molecule has 180 valence electrons. The number of morpholine rings is 1. The number of fused-ring (bicyclic) bond motifs is 1.